The molecule has 0 atom stereocenters. The van der Waals surface area contributed by atoms with Crippen LogP contribution in [0.25, 0.3) is 0 Å². The van der Waals surface area contributed by atoms with Gasteiger partial charge in [-0.25, -0.2) is 0 Å². The molecule has 94 valence electrons. The van der Waals surface area contributed by atoms with Crippen LogP contribution < -0.4 is 5.32 Å². The summed E-state index contributed by atoms with van der Waals surface area (Å²) in [5.74, 6) is 0. The van der Waals surface area contributed by atoms with Crippen molar-refractivity contribution in [2.24, 2.45) is 0 Å². The van der Waals surface area contributed by atoms with E-state index in [-0.39, 0.29) is 5.69 Å². The van der Waals surface area contributed by atoms with Gasteiger partial charge in [-0.3, -0.25) is 10.1 Å². The highest BCUT2D eigenvalue weighted by molar-refractivity contribution is 9.11. The van der Waals surface area contributed by atoms with Gasteiger partial charge in [-0.1, -0.05) is 11.6 Å². The molecule has 0 saturated heterocycles. The lowest BCUT2D eigenvalue weighted by molar-refractivity contribution is -0.384. The number of anilines is 1. The summed E-state index contributed by atoms with van der Waals surface area (Å²) in [7, 11) is 0. The molecule has 0 radical (unpaired) electrons. The summed E-state index contributed by atoms with van der Waals surface area (Å²) in [6.07, 6.45) is 0. The number of benzene rings is 1. The maximum absolute atomic E-state index is 10.9. The van der Waals surface area contributed by atoms with Crippen molar-refractivity contribution < 1.29 is 4.92 Å². The van der Waals surface area contributed by atoms with Gasteiger partial charge in [0.2, 0.25) is 0 Å². The first-order valence-electron chi connectivity index (χ1n) is 4.98. The summed E-state index contributed by atoms with van der Waals surface area (Å²) in [6.45, 7) is 0.525. The van der Waals surface area contributed by atoms with Crippen molar-refractivity contribution in [1.29, 1.82) is 0 Å². The number of nitro groups is 1. The fourth-order valence-electron chi connectivity index (χ4n) is 1.44. The van der Waals surface area contributed by atoms with Crippen LogP contribution in [0.1, 0.15) is 4.88 Å². The molecule has 1 heterocycles. The molecule has 0 bridgehead atoms. The average molecular weight is 348 g/mol. The van der Waals surface area contributed by atoms with Gasteiger partial charge in [-0.2, -0.15) is 0 Å². The van der Waals surface area contributed by atoms with Crippen LogP contribution in [-0.4, -0.2) is 4.92 Å². The van der Waals surface area contributed by atoms with Gasteiger partial charge in [0.1, 0.15) is 5.69 Å². The van der Waals surface area contributed by atoms with Crippen LogP contribution >= 0.6 is 38.9 Å². The highest BCUT2D eigenvalue weighted by atomic mass is 79.9. The zero-order valence-corrected chi connectivity index (χ0v) is 12.2. The molecule has 1 aromatic heterocycles. The minimum absolute atomic E-state index is 0.0232. The second-order valence-electron chi connectivity index (χ2n) is 3.48. The zero-order chi connectivity index (χ0) is 13.1. The zero-order valence-electron chi connectivity index (χ0n) is 9.02. The van der Waals surface area contributed by atoms with Gasteiger partial charge in [0.05, 0.1) is 8.71 Å². The van der Waals surface area contributed by atoms with Crippen LogP contribution in [0.15, 0.2) is 34.1 Å². The molecule has 0 aliphatic rings. The van der Waals surface area contributed by atoms with E-state index in [1.165, 1.54) is 12.1 Å². The first-order valence-corrected chi connectivity index (χ1v) is 6.97. The van der Waals surface area contributed by atoms with E-state index in [1.54, 1.807) is 17.4 Å². The molecule has 0 fully saturated rings. The summed E-state index contributed by atoms with van der Waals surface area (Å²) in [5, 5.41) is 14.4. The quantitative estimate of drug-likeness (QED) is 0.645. The minimum Gasteiger partial charge on any atom is -0.375 e. The third kappa shape index (κ3) is 3.22. The van der Waals surface area contributed by atoms with E-state index in [2.05, 4.69) is 21.2 Å². The first-order chi connectivity index (χ1) is 8.56. The summed E-state index contributed by atoms with van der Waals surface area (Å²) in [6, 6.07) is 8.36. The monoisotopic (exact) mass is 346 g/mol. The maximum Gasteiger partial charge on any atom is 0.292 e. The second kappa shape index (κ2) is 5.69. The molecule has 1 aromatic carbocycles. The number of nitrogens with one attached hydrogen (secondary N) is 1. The Morgan fingerprint density at radius 2 is 2.17 bits per heavy atom. The van der Waals surface area contributed by atoms with Crippen molar-refractivity contribution in [3.63, 3.8) is 0 Å². The molecule has 4 nitrogen and oxygen atoms in total. The summed E-state index contributed by atoms with van der Waals surface area (Å²) < 4.78 is 1.03. The van der Waals surface area contributed by atoms with E-state index in [0.29, 0.717) is 17.3 Å². The number of hydrogen-bond acceptors (Lipinski definition) is 4. The van der Waals surface area contributed by atoms with Crippen LogP contribution in [-0.2, 0) is 6.54 Å². The lowest BCUT2D eigenvalue weighted by atomic mass is 10.2. The summed E-state index contributed by atoms with van der Waals surface area (Å²) in [4.78, 5) is 11.5. The van der Waals surface area contributed by atoms with Crippen LogP contribution in [0.3, 0.4) is 0 Å². The van der Waals surface area contributed by atoms with E-state index in [1.807, 2.05) is 12.1 Å². The van der Waals surface area contributed by atoms with E-state index in [4.69, 9.17) is 11.6 Å². The third-order valence-corrected chi connectivity index (χ3v) is 4.10. The topological polar surface area (TPSA) is 55.2 Å². The molecule has 2 rings (SSSR count). The number of hydrogen-bond donors (Lipinski definition) is 1. The van der Waals surface area contributed by atoms with Gasteiger partial charge >= 0.3 is 0 Å². The molecule has 0 unspecified atom stereocenters. The third-order valence-electron chi connectivity index (χ3n) is 2.24. The van der Waals surface area contributed by atoms with E-state index in [0.717, 1.165) is 8.66 Å². The molecular weight excluding hydrogens is 340 g/mol. The number of thiophene rings is 1. The van der Waals surface area contributed by atoms with Crippen LogP contribution in [0.2, 0.25) is 5.02 Å². The molecule has 0 amide bonds. The standard InChI is InChI=1S/C11H8BrClN2O2S/c12-11-4-2-8(18-11)6-14-9-5-7(13)1-3-10(9)15(16)17/h1-5,14H,6H2. The predicted molar refractivity (Wildman–Crippen MR) is 77.5 cm³/mol. The average Bonchev–Trinajstić information content (AvgIpc) is 2.72. The number of halogens is 2. The molecule has 2 aromatic rings. The molecule has 0 aliphatic carbocycles. The van der Waals surface area contributed by atoms with E-state index >= 15 is 0 Å². The van der Waals surface area contributed by atoms with Gasteiger partial charge in [-0.05, 0) is 40.2 Å². The van der Waals surface area contributed by atoms with E-state index < -0.39 is 4.92 Å². The van der Waals surface area contributed by atoms with Crippen molar-refractivity contribution in [3.05, 3.63) is 54.1 Å². The largest absolute Gasteiger partial charge is 0.375 e. The van der Waals surface area contributed by atoms with Crippen molar-refractivity contribution >= 4 is 50.2 Å². The molecular formula is C11H8BrClN2O2S. The fraction of sp³-hybridized carbons (Fsp3) is 0.0909. The SMILES string of the molecule is O=[N+]([O-])c1ccc(Cl)cc1NCc1ccc(Br)s1. The summed E-state index contributed by atoms with van der Waals surface area (Å²) >= 11 is 10.8. The molecule has 7 heteroatoms. The van der Waals surface area contributed by atoms with Crippen LogP contribution in [0, 0.1) is 10.1 Å². The smallest absolute Gasteiger partial charge is 0.292 e. The Morgan fingerprint density at radius 1 is 1.39 bits per heavy atom. The Bertz CT molecular complexity index is 588. The molecule has 0 aliphatic heterocycles. The Balaban J connectivity index is 2.17. The van der Waals surface area contributed by atoms with Gasteiger partial charge in [0.25, 0.3) is 5.69 Å². The van der Waals surface area contributed by atoms with Crippen molar-refractivity contribution in [3.8, 4) is 0 Å². The maximum atomic E-state index is 10.9. The first kappa shape index (κ1) is 13.3. The second-order valence-corrected chi connectivity index (χ2v) is 6.46. The highest BCUT2D eigenvalue weighted by Gasteiger charge is 2.13. The number of rotatable bonds is 4. The number of nitro benzene ring substituents is 1. The fourth-order valence-corrected chi connectivity index (χ4v) is 3.03. The molecule has 0 spiro atoms. The van der Waals surface area contributed by atoms with Crippen molar-refractivity contribution in [1.82, 2.24) is 0 Å². The lowest BCUT2D eigenvalue weighted by Crippen LogP contribution is -2.01. The molecule has 0 saturated carbocycles. The number of nitrogens with zero attached hydrogens (tertiary/aromatic N) is 1. The highest BCUT2D eigenvalue weighted by Crippen LogP contribution is 2.29. The van der Waals surface area contributed by atoms with Gasteiger partial charge in [0, 0.05) is 22.5 Å². The Kier molecular flexibility index (Phi) is 4.21. The minimum atomic E-state index is -0.428. The Hall–Kier alpha value is -1.11. The molecule has 1 N–H and O–H groups in total. The van der Waals surface area contributed by atoms with Gasteiger partial charge in [-0.15, -0.1) is 11.3 Å². The Morgan fingerprint density at radius 3 is 2.78 bits per heavy atom. The lowest BCUT2D eigenvalue weighted by Gasteiger charge is -2.06. The predicted octanol–water partition coefficient (Wildman–Crippen LogP) is 4.68. The van der Waals surface area contributed by atoms with Crippen molar-refractivity contribution in [2.75, 3.05) is 5.32 Å². The molecule has 18 heavy (non-hydrogen) atoms. The normalized spacial score (nSPS) is 10.3. The van der Waals surface area contributed by atoms with E-state index in [9.17, 15) is 10.1 Å². The van der Waals surface area contributed by atoms with Gasteiger partial charge in [0.15, 0.2) is 0 Å². The van der Waals surface area contributed by atoms with Gasteiger partial charge < -0.3 is 5.32 Å². The summed E-state index contributed by atoms with van der Waals surface area (Å²) in [5.41, 5.74) is 0.451. The van der Waals surface area contributed by atoms with Crippen LogP contribution in [0.4, 0.5) is 11.4 Å². The van der Waals surface area contributed by atoms with Crippen LogP contribution in [0.5, 0.6) is 0 Å². The Labute approximate surface area is 121 Å². The van der Waals surface area contributed by atoms with Crippen molar-refractivity contribution in [2.45, 2.75) is 6.54 Å².